The molecule has 1 aromatic rings. The van der Waals surface area contributed by atoms with Crippen molar-refractivity contribution in [2.75, 3.05) is 0 Å². The predicted octanol–water partition coefficient (Wildman–Crippen LogP) is 3.49. The van der Waals surface area contributed by atoms with Crippen molar-refractivity contribution in [2.24, 2.45) is 0 Å². The zero-order chi connectivity index (χ0) is 12.7. The molecular weight excluding hydrogens is 215 g/mol. The van der Waals surface area contributed by atoms with Gasteiger partial charge in [0.25, 0.3) is 0 Å². The first-order chi connectivity index (χ1) is 7.03. The van der Waals surface area contributed by atoms with Crippen LogP contribution in [0.3, 0.4) is 0 Å². The maximum absolute atomic E-state index is 10.1. The van der Waals surface area contributed by atoms with Crippen LogP contribution in [0.25, 0.3) is 0 Å². The van der Waals surface area contributed by atoms with Crippen LogP contribution in [0, 0.1) is 0 Å². The van der Waals surface area contributed by atoms with Crippen LogP contribution in [0.2, 0.25) is 0 Å². The van der Waals surface area contributed by atoms with E-state index in [1.54, 1.807) is 0 Å². The number of phenolic OH excluding ortho intramolecular Hbond substituents is 1. The van der Waals surface area contributed by atoms with Crippen molar-refractivity contribution in [1.82, 2.24) is 0 Å². The smallest absolute Gasteiger partial charge is 0.126 e. The van der Waals surface area contributed by atoms with Gasteiger partial charge in [-0.1, -0.05) is 47.6 Å². The number of hydrogen-bond donors (Lipinski definition) is 1. The van der Waals surface area contributed by atoms with Crippen LogP contribution < -0.4 is 5.30 Å². The van der Waals surface area contributed by atoms with Gasteiger partial charge >= 0.3 is 0 Å². The van der Waals surface area contributed by atoms with Crippen LogP contribution >= 0.6 is 9.24 Å². The minimum atomic E-state index is -0.0311. The average molecular weight is 238 g/mol. The van der Waals surface area contributed by atoms with Crippen LogP contribution in [0.5, 0.6) is 5.75 Å². The van der Waals surface area contributed by atoms with Gasteiger partial charge in [0.2, 0.25) is 0 Å². The molecule has 1 rings (SSSR count). The highest BCUT2D eigenvalue weighted by Crippen LogP contribution is 2.34. The highest BCUT2D eigenvalue weighted by atomic mass is 31.0. The summed E-state index contributed by atoms with van der Waals surface area (Å²) in [5.41, 5.74) is 2.36. The molecule has 1 N–H and O–H groups in total. The topological polar surface area (TPSA) is 20.2 Å². The third kappa shape index (κ3) is 2.77. The van der Waals surface area contributed by atoms with Gasteiger partial charge in [0.1, 0.15) is 5.75 Å². The van der Waals surface area contributed by atoms with Crippen molar-refractivity contribution in [3.05, 3.63) is 23.3 Å². The van der Waals surface area contributed by atoms with E-state index in [9.17, 15) is 5.11 Å². The number of aromatic hydroxyl groups is 1. The number of benzene rings is 1. The Bertz CT molecular complexity index is 394. The van der Waals surface area contributed by atoms with Crippen molar-refractivity contribution >= 4 is 14.5 Å². The van der Waals surface area contributed by atoms with Gasteiger partial charge < -0.3 is 5.11 Å². The van der Waals surface area contributed by atoms with Gasteiger partial charge in [-0.05, 0) is 22.5 Å². The summed E-state index contributed by atoms with van der Waals surface area (Å²) >= 11 is 0. The second-order valence-electron chi connectivity index (χ2n) is 6.46. The monoisotopic (exact) mass is 238 g/mol. The molecule has 0 aliphatic rings. The third-order valence-electron chi connectivity index (χ3n) is 2.81. The van der Waals surface area contributed by atoms with Gasteiger partial charge in [0.15, 0.2) is 0 Å². The molecule has 0 bridgehead atoms. The molecule has 1 unspecified atom stereocenters. The minimum Gasteiger partial charge on any atom is -0.507 e. The molecule has 0 heterocycles. The molecule has 1 nitrogen and oxygen atoms in total. The summed E-state index contributed by atoms with van der Waals surface area (Å²) in [5.74, 6) is 0.408. The lowest BCUT2D eigenvalue weighted by molar-refractivity contribution is 0.449. The largest absolute Gasteiger partial charge is 0.507 e. The normalized spacial score (nSPS) is 12.9. The SMILES string of the molecule is CC(C)(C)c1cc(P)c(O)c(C(C)(C)C)c1. The van der Waals surface area contributed by atoms with E-state index in [0.29, 0.717) is 5.75 Å². The Balaban J connectivity index is 3.46. The van der Waals surface area contributed by atoms with E-state index in [2.05, 4.69) is 62.9 Å². The van der Waals surface area contributed by atoms with E-state index in [1.807, 2.05) is 0 Å². The maximum atomic E-state index is 10.1. The van der Waals surface area contributed by atoms with Crippen LogP contribution in [-0.2, 0) is 10.8 Å². The second kappa shape index (κ2) is 4.04. The molecule has 0 aliphatic carbocycles. The lowest BCUT2D eigenvalue weighted by Gasteiger charge is -2.26. The number of rotatable bonds is 0. The van der Waals surface area contributed by atoms with Gasteiger partial charge in [-0.15, -0.1) is 9.24 Å². The summed E-state index contributed by atoms with van der Waals surface area (Å²) in [6.45, 7) is 12.9. The molecule has 1 aromatic carbocycles. The first-order valence-corrected chi connectivity index (χ1v) is 6.24. The Labute approximate surface area is 101 Å². The Morgan fingerprint density at radius 3 is 1.81 bits per heavy atom. The Kier molecular flexibility index (Phi) is 3.41. The fourth-order valence-corrected chi connectivity index (χ4v) is 2.00. The van der Waals surface area contributed by atoms with Crippen LogP contribution in [0.1, 0.15) is 52.7 Å². The summed E-state index contributed by atoms with van der Waals surface area (Å²) in [7, 11) is 2.62. The molecule has 1 atom stereocenters. The standard InChI is InChI=1S/C14H23OP/c1-13(2,3)9-7-10(14(4,5)6)12(15)11(16)8-9/h7-8,15H,16H2,1-6H3. The lowest BCUT2D eigenvalue weighted by atomic mass is 9.80. The highest BCUT2D eigenvalue weighted by Gasteiger charge is 2.23. The lowest BCUT2D eigenvalue weighted by Crippen LogP contribution is -2.19. The van der Waals surface area contributed by atoms with Gasteiger partial charge in [0.05, 0.1) is 0 Å². The summed E-state index contributed by atoms with van der Waals surface area (Å²) in [6, 6.07) is 4.18. The number of phenols is 1. The molecule has 0 fully saturated rings. The van der Waals surface area contributed by atoms with Crippen LogP contribution in [-0.4, -0.2) is 5.11 Å². The Morgan fingerprint density at radius 1 is 0.938 bits per heavy atom. The molecule has 90 valence electrons. The Hall–Kier alpha value is -0.550. The molecule has 0 radical (unpaired) electrons. The zero-order valence-corrected chi connectivity index (χ0v) is 12.3. The quantitative estimate of drug-likeness (QED) is 0.686. The van der Waals surface area contributed by atoms with E-state index >= 15 is 0 Å². The van der Waals surface area contributed by atoms with Crippen molar-refractivity contribution in [3.63, 3.8) is 0 Å². The van der Waals surface area contributed by atoms with E-state index in [-0.39, 0.29) is 10.8 Å². The molecule has 0 saturated heterocycles. The van der Waals surface area contributed by atoms with Crippen molar-refractivity contribution in [2.45, 2.75) is 52.4 Å². The first kappa shape index (κ1) is 13.5. The molecule has 0 aromatic heterocycles. The summed E-state index contributed by atoms with van der Waals surface area (Å²) in [6.07, 6.45) is 0. The van der Waals surface area contributed by atoms with Crippen LogP contribution in [0.4, 0.5) is 0 Å². The summed E-state index contributed by atoms with van der Waals surface area (Å²) < 4.78 is 0. The summed E-state index contributed by atoms with van der Waals surface area (Å²) in [5, 5.41) is 11.0. The molecule has 0 aliphatic heterocycles. The van der Waals surface area contributed by atoms with Crippen molar-refractivity contribution in [1.29, 1.82) is 0 Å². The molecule has 0 saturated carbocycles. The van der Waals surface area contributed by atoms with Crippen LogP contribution in [0.15, 0.2) is 12.1 Å². The van der Waals surface area contributed by atoms with Gasteiger partial charge in [-0.2, -0.15) is 0 Å². The highest BCUT2D eigenvalue weighted by molar-refractivity contribution is 7.27. The number of hydrogen-bond acceptors (Lipinski definition) is 1. The van der Waals surface area contributed by atoms with E-state index in [0.717, 1.165) is 10.9 Å². The van der Waals surface area contributed by atoms with Gasteiger partial charge in [-0.25, -0.2) is 0 Å². The van der Waals surface area contributed by atoms with Crippen molar-refractivity contribution < 1.29 is 5.11 Å². The van der Waals surface area contributed by atoms with E-state index in [1.165, 1.54) is 5.56 Å². The van der Waals surface area contributed by atoms with Gasteiger partial charge in [0, 0.05) is 10.9 Å². The predicted molar refractivity (Wildman–Crippen MR) is 74.9 cm³/mol. The molecule has 16 heavy (non-hydrogen) atoms. The first-order valence-electron chi connectivity index (χ1n) is 5.67. The maximum Gasteiger partial charge on any atom is 0.126 e. The Morgan fingerprint density at radius 2 is 1.44 bits per heavy atom. The molecule has 0 amide bonds. The zero-order valence-electron chi connectivity index (χ0n) is 11.2. The fourth-order valence-electron chi connectivity index (χ4n) is 1.66. The molecule has 2 heteroatoms. The van der Waals surface area contributed by atoms with E-state index in [4.69, 9.17) is 0 Å². The fraction of sp³-hybridized carbons (Fsp3) is 0.571. The third-order valence-corrected chi connectivity index (χ3v) is 3.25. The minimum absolute atomic E-state index is 0.0311. The van der Waals surface area contributed by atoms with Gasteiger partial charge in [-0.3, -0.25) is 0 Å². The summed E-state index contributed by atoms with van der Waals surface area (Å²) in [4.78, 5) is 0. The van der Waals surface area contributed by atoms with Crippen molar-refractivity contribution in [3.8, 4) is 5.75 Å². The molecule has 0 spiro atoms. The second-order valence-corrected chi connectivity index (χ2v) is 7.08. The van der Waals surface area contributed by atoms with E-state index < -0.39 is 0 Å². The molecular formula is C14H23OP. The average Bonchev–Trinajstić information content (AvgIpc) is 2.05.